The quantitative estimate of drug-likeness (QED) is 0.623. The van der Waals surface area contributed by atoms with Crippen molar-refractivity contribution in [2.75, 3.05) is 19.7 Å². The molecule has 0 N–H and O–H groups in total. The van der Waals surface area contributed by atoms with Crippen molar-refractivity contribution in [3.63, 3.8) is 0 Å². The lowest BCUT2D eigenvalue weighted by molar-refractivity contribution is -0.142. The standard InChI is InChI=1S/C10H17NO3/c1-4-14-10(2,3)7-11-6-5-8(12)9(11)13/h4-7H2,1-3H3. The Morgan fingerprint density at radius 1 is 1.43 bits per heavy atom. The monoisotopic (exact) mass is 199 g/mol. The van der Waals surface area contributed by atoms with Crippen LogP contribution in [-0.2, 0) is 14.3 Å². The average Bonchev–Trinajstić information content (AvgIpc) is 2.35. The van der Waals surface area contributed by atoms with Crippen LogP contribution in [0.1, 0.15) is 27.2 Å². The molecule has 1 aliphatic heterocycles. The van der Waals surface area contributed by atoms with Crippen molar-refractivity contribution in [3.05, 3.63) is 0 Å². The predicted molar refractivity (Wildman–Crippen MR) is 51.9 cm³/mol. The van der Waals surface area contributed by atoms with Gasteiger partial charge in [0.2, 0.25) is 5.78 Å². The van der Waals surface area contributed by atoms with E-state index >= 15 is 0 Å². The van der Waals surface area contributed by atoms with Crippen molar-refractivity contribution < 1.29 is 14.3 Å². The molecule has 14 heavy (non-hydrogen) atoms. The minimum Gasteiger partial charge on any atom is -0.374 e. The molecular formula is C10H17NO3. The predicted octanol–water partition coefficient (Wildman–Crippen LogP) is 0.603. The van der Waals surface area contributed by atoms with Crippen LogP contribution in [0.5, 0.6) is 0 Å². The maximum absolute atomic E-state index is 11.3. The lowest BCUT2D eigenvalue weighted by atomic mass is 10.1. The molecule has 0 bridgehead atoms. The number of hydrogen-bond donors (Lipinski definition) is 0. The van der Waals surface area contributed by atoms with Crippen LogP contribution in [0, 0.1) is 0 Å². The third-order valence-electron chi connectivity index (χ3n) is 2.24. The van der Waals surface area contributed by atoms with Gasteiger partial charge in [0.05, 0.1) is 5.60 Å². The van der Waals surface area contributed by atoms with Crippen LogP contribution < -0.4 is 0 Å². The van der Waals surface area contributed by atoms with E-state index in [9.17, 15) is 9.59 Å². The van der Waals surface area contributed by atoms with Crippen molar-refractivity contribution in [2.24, 2.45) is 0 Å². The minimum atomic E-state index is -0.366. The minimum absolute atomic E-state index is 0.280. The first-order valence-corrected chi connectivity index (χ1v) is 4.92. The second-order valence-corrected chi connectivity index (χ2v) is 4.09. The first-order chi connectivity index (χ1) is 6.46. The molecule has 1 rings (SSSR count). The largest absolute Gasteiger partial charge is 0.374 e. The molecule has 0 atom stereocenters. The van der Waals surface area contributed by atoms with Gasteiger partial charge in [0, 0.05) is 26.1 Å². The van der Waals surface area contributed by atoms with Crippen LogP contribution in [0.25, 0.3) is 0 Å². The molecule has 80 valence electrons. The molecule has 0 radical (unpaired) electrons. The Labute approximate surface area is 84.2 Å². The number of carbonyl (C=O) groups excluding carboxylic acids is 2. The zero-order valence-electron chi connectivity index (χ0n) is 9.00. The number of likely N-dealkylation sites (tertiary alicyclic amines) is 1. The number of carbonyl (C=O) groups is 2. The highest BCUT2D eigenvalue weighted by Gasteiger charge is 2.33. The molecule has 4 nitrogen and oxygen atoms in total. The normalized spacial score (nSPS) is 18.1. The summed E-state index contributed by atoms with van der Waals surface area (Å²) in [6, 6.07) is 0. The van der Waals surface area contributed by atoms with Gasteiger partial charge in [-0.25, -0.2) is 0 Å². The number of Topliss-reactive ketones (excluding diaryl/α,β-unsaturated/α-hetero) is 1. The van der Waals surface area contributed by atoms with Gasteiger partial charge in [-0.2, -0.15) is 0 Å². The molecule has 1 saturated heterocycles. The van der Waals surface area contributed by atoms with Crippen LogP contribution in [-0.4, -0.2) is 41.9 Å². The van der Waals surface area contributed by atoms with Crippen LogP contribution >= 0.6 is 0 Å². The van der Waals surface area contributed by atoms with E-state index in [4.69, 9.17) is 4.74 Å². The molecule has 0 saturated carbocycles. The number of amides is 1. The summed E-state index contributed by atoms with van der Waals surface area (Å²) in [6.45, 7) is 7.40. The molecular weight excluding hydrogens is 182 g/mol. The number of ether oxygens (including phenoxy) is 1. The molecule has 1 fully saturated rings. The van der Waals surface area contributed by atoms with E-state index in [-0.39, 0.29) is 17.3 Å². The number of rotatable bonds is 4. The molecule has 1 heterocycles. The molecule has 0 unspecified atom stereocenters. The molecule has 0 spiro atoms. The van der Waals surface area contributed by atoms with Gasteiger partial charge >= 0.3 is 0 Å². The SMILES string of the molecule is CCOC(C)(C)CN1CCC(=O)C1=O. The average molecular weight is 199 g/mol. The Balaban J connectivity index is 2.52. The fourth-order valence-electron chi connectivity index (χ4n) is 1.67. The van der Waals surface area contributed by atoms with Crippen molar-refractivity contribution >= 4 is 11.7 Å². The molecule has 0 aromatic carbocycles. The maximum atomic E-state index is 11.3. The summed E-state index contributed by atoms with van der Waals surface area (Å²) in [6.07, 6.45) is 0.348. The first kappa shape index (κ1) is 11.2. The van der Waals surface area contributed by atoms with E-state index in [1.54, 1.807) is 4.90 Å². The molecule has 0 aliphatic carbocycles. The van der Waals surface area contributed by atoms with Gasteiger partial charge in [-0.15, -0.1) is 0 Å². The van der Waals surface area contributed by atoms with E-state index in [1.807, 2.05) is 20.8 Å². The Morgan fingerprint density at radius 2 is 2.07 bits per heavy atom. The third kappa shape index (κ3) is 2.54. The Kier molecular flexibility index (Phi) is 3.26. The Bertz CT molecular complexity index is 248. The van der Waals surface area contributed by atoms with Crippen LogP contribution in [0.4, 0.5) is 0 Å². The summed E-state index contributed by atoms with van der Waals surface area (Å²) < 4.78 is 5.47. The second kappa shape index (κ2) is 4.09. The van der Waals surface area contributed by atoms with Crippen molar-refractivity contribution in [3.8, 4) is 0 Å². The van der Waals surface area contributed by atoms with Crippen LogP contribution in [0.15, 0.2) is 0 Å². The van der Waals surface area contributed by atoms with Crippen molar-refractivity contribution in [2.45, 2.75) is 32.8 Å². The highest BCUT2D eigenvalue weighted by atomic mass is 16.5. The second-order valence-electron chi connectivity index (χ2n) is 4.09. The van der Waals surface area contributed by atoms with Gasteiger partial charge in [0.15, 0.2) is 0 Å². The zero-order chi connectivity index (χ0) is 10.8. The van der Waals surface area contributed by atoms with E-state index in [0.29, 0.717) is 26.1 Å². The summed E-state index contributed by atoms with van der Waals surface area (Å²) in [5, 5.41) is 0. The fraction of sp³-hybridized carbons (Fsp3) is 0.800. The Morgan fingerprint density at radius 3 is 2.50 bits per heavy atom. The summed E-state index contributed by atoms with van der Waals surface area (Å²) in [4.78, 5) is 23.9. The molecule has 1 amide bonds. The topological polar surface area (TPSA) is 46.6 Å². The smallest absolute Gasteiger partial charge is 0.290 e. The molecule has 4 heteroatoms. The van der Waals surface area contributed by atoms with Gasteiger partial charge in [-0.05, 0) is 20.8 Å². The number of hydrogen-bond acceptors (Lipinski definition) is 3. The molecule has 0 aromatic rings. The number of nitrogens with zero attached hydrogens (tertiary/aromatic N) is 1. The molecule has 1 aliphatic rings. The lowest BCUT2D eigenvalue weighted by Gasteiger charge is -2.29. The van der Waals surface area contributed by atoms with E-state index in [2.05, 4.69) is 0 Å². The van der Waals surface area contributed by atoms with Crippen LogP contribution in [0.2, 0.25) is 0 Å². The zero-order valence-corrected chi connectivity index (χ0v) is 9.00. The Hall–Kier alpha value is -0.900. The van der Waals surface area contributed by atoms with E-state index in [0.717, 1.165) is 0 Å². The number of ketones is 1. The van der Waals surface area contributed by atoms with Gasteiger partial charge in [-0.3, -0.25) is 9.59 Å². The highest BCUT2D eigenvalue weighted by Crippen LogP contribution is 2.15. The van der Waals surface area contributed by atoms with E-state index in [1.165, 1.54) is 0 Å². The summed E-state index contributed by atoms with van der Waals surface area (Å²) >= 11 is 0. The highest BCUT2D eigenvalue weighted by molar-refractivity contribution is 6.37. The van der Waals surface area contributed by atoms with Crippen LogP contribution in [0.3, 0.4) is 0 Å². The fourth-order valence-corrected chi connectivity index (χ4v) is 1.67. The maximum Gasteiger partial charge on any atom is 0.290 e. The lowest BCUT2D eigenvalue weighted by Crippen LogP contribution is -2.42. The summed E-state index contributed by atoms with van der Waals surface area (Å²) in [7, 11) is 0. The van der Waals surface area contributed by atoms with Gasteiger partial charge < -0.3 is 9.64 Å². The van der Waals surface area contributed by atoms with Gasteiger partial charge in [0.1, 0.15) is 0 Å². The summed E-state index contributed by atoms with van der Waals surface area (Å²) in [5.41, 5.74) is -0.366. The van der Waals surface area contributed by atoms with E-state index < -0.39 is 0 Å². The molecule has 0 aromatic heterocycles. The van der Waals surface area contributed by atoms with Crippen molar-refractivity contribution in [1.82, 2.24) is 4.90 Å². The first-order valence-electron chi connectivity index (χ1n) is 4.92. The summed E-state index contributed by atoms with van der Waals surface area (Å²) in [5.74, 6) is -0.643. The third-order valence-corrected chi connectivity index (χ3v) is 2.24. The van der Waals surface area contributed by atoms with Gasteiger partial charge in [-0.1, -0.05) is 0 Å². The van der Waals surface area contributed by atoms with Crippen molar-refractivity contribution in [1.29, 1.82) is 0 Å². The van der Waals surface area contributed by atoms with Gasteiger partial charge in [0.25, 0.3) is 5.91 Å².